The van der Waals surface area contributed by atoms with Crippen molar-refractivity contribution in [3.05, 3.63) is 29.2 Å². The Bertz CT molecular complexity index is 494. The highest BCUT2D eigenvalue weighted by Crippen LogP contribution is 2.14. The summed E-state index contributed by atoms with van der Waals surface area (Å²) in [6.07, 6.45) is 4.74. The average molecular weight is 219 g/mol. The quantitative estimate of drug-likeness (QED) is 0.841. The van der Waals surface area contributed by atoms with Crippen LogP contribution in [-0.2, 0) is 20.0 Å². The molecule has 2 N–H and O–H groups in total. The van der Waals surface area contributed by atoms with Gasteiger partial charge < -0.3 is 5.73 Å². The van der Waals surface area contributed by atoms with Gasteiger partial charge in [0.05, 0.1) is 18.4 Å². The maximum atomic E-state index is 5.92. The monoisotopic (exact) mass is 219 g/mol. The lowest BCUT2D eigenvalue weighted by molar-refractivity contribution is 0.691. The third-order valence-corrected chi connectivity index (χ3v) is 2.72. The smallest absolute Gasteiger partial charge is 0.124 e. The van der Waals surface area contributed by atoms with E-state index in [2.05, 4.69) is 17.1 Å². The third-order valence-electron chi connectivity index (χ3n) is 2.72. The first kappa shape index (κ1) is 10.7. The Labute approximate surface area is 94.9 Å². The molecule has 0 aromatic carbocycles. The summed E-state index contributed by atoms with van der Waals surface area (Å²) in [4.78, 5) is 0. The van der Waals surface area contributed by atoms with Crippen molar-refractivity contribution in [3.8, 4) is 0 Å². The predicted octanol–water partition coefficient (Wildman–Crippen LogP) is 1.12. The van der Waals surface area contributed by atoms with Crippen LogP contribution in [-0.4, -0.2) is 19.6 Å². The largest absolute Gasteiger partial charge is 0.384 e. The number of nitrogens with two attached hydrogens (primary N) is 1. The Morgan fingerprint density at radius 2 is 2.19 bits per heavy atom. The van der Waals surface area contributed by atoms with E-state index in [1.54, 1.807) is 6.20 Å². The SMILES string of the molecule is CCc1nn(C)cc1Cn1ncc(C)c1N. The van der Waals surface area contributed by atoms with Crippen molar-refractivity contribution < 1.29 is 0 Å². The second-order valence-electron chi connectivity index (χ2n) is 4.00. The van der Waals surface area contributed by atoms with Gasteiger partial charge in [0.25, 0.3) is 0 Å². The van der Waals surface area contributed by atoms with Crippen LogP contribution in [0.1, 0.15) is 23.7 Å². The van der Waals surface area contributed by atoms with Gasteiger partial charge in [0.15, 0.2) is 0 Å². The van der Waals surface area contributed by atoms with Crippen molar-refractivity contribution in [2.75, 3.05) is 5.73 Å². The van der Waals surface area contributed by atoms with Crippen LogP contribution in [0.25, 0.3) is 0 Å². The van der Waals surface area contributed by atoms with Crippen molar-refractivity contribution in [1.82, 2.24) is 19.6 Å². The van der Waals surface area contributed by atoms with Crippen LogP contribution in [0.4, 0.5) is 5.82 Å². The molecular weight excluding hydrogens is 202 g/mol. The molecule has 0 aliphatic carbocycles. The molecule has 0 aliphatic heterocycles. The number of aromatic nitrogens is 4. The summed E-state index contributed by atoms with van der Waals surface area (Å²) in [5.41, 5.74) is 9.22. The van der Waals surface area contributed by atoms with E-state index in [-0.39, 0.29) is 0 Å². The zero-order valence-corrected chi connectivity index (χ0v) is 9.94. The van der Waals surface area contributed by atoms with Crippen LogP contribution in [0.2, 0.25) is 0 Å². The molecule has 2 heterocycles. The molecule has 2 aromatic rings. The number of rotatable bonds is 3. The van der Waals surface area contributed by atoms with Crippen molar-refractivity contribution in [2.24, 2.45) is 7.05 Å². The molecule has 2 aromatic heterocycles. The van der Waals surface area contributed by atoms with Gasteiger partial charge in [0.1, 0.15) is 5.82 Å². The molecule has 0 aliphatic rings. The zero-order valence-electron chi connectivity index (χ0n) is 9.94. The molecular formula is C11H17N5. The molecule has 16 heavy (non-hydrogen) atoms. The summed E-state index contributed by atoms with van der Waals surface area (Å²) in [6, 6.07) is 0. The fraction of sp³-hybridized carbons (Fsp3) is 0.455. The number of anilines is 1. The van der Waals surface area contributed by atoms with E-state index >= 15 is 0 Å². The second kappa shape index (κ2) is 4.00. The van der Waals surface area contributed by atoms with Crippen molar-refractivity contribution in [3.63, 3.8) is 0 Å². The summed E-state index contributed by atoms with van der Waals surface area (Å²) in [5, 5.41) is 8.65. The van der Waals surface area contributed by atoms with Crippen LogP contribution < -0.4 is 5.73 Å². The lowest BCUT2D eigenvalue weighted by atomic mass is 10.2. The zero-order chi connectivity index (χ0) is 11.7. The van der Waals surface area contributed by atoms with Crippen LogP contribution in [0, 0.1) is 6.92 Å². The van der Waals surface area contributed by atoms with E-state index < -0.39 is 0 Å². The topological polar surface area (TPSA) is 61.7 Å². The van der Waals surface area contributed by atoms with Gasteiger partial charge in [0, 0.05) is 24.4 Å². The summed E-state index contributed by atoms with van der Waals surface area (Å²) in [6.45, 7) is 4.75. The number of aryl methyl sites for hydroxylation is 3. The molecule has 0 amide bonds. The molecule has 2 rings (SSSR count). The lowest BCUT2D eigenvalue weighted by Gasteiger charge is -2.03. The fourth-order valence-electron chi connectivity index (χ4n) is 1.79. The average Bonchev–Trinajstić information content (AvgIpc) is 2.76. The first-order valence-corrected chi connectivity index (χ1v) is 5.41. The molecule has 0 atom stereocenters. The number of hydrogen-bond donors (Lipinski definition) is 1. The minimum absolute atomic E-state index is 0.691. The van der Waals surface area contributed by atoms with E-state index in [4.69, 9.17) is 5.73 Å². The summed E-state index contributed by atoms with van der Waals surface area (Å²) >= 11 is 0. The van der Waals surface area contributed by atoms with E-state index in [0.29, 0.717) is 6.54 Å². The molecule has 0 saturated carbocycles. The highest BCUT2D eigenvalue weighted by Gasteiger charge is 2.09. The van der Waals surface area contributed by atoms with Gasteiger partial charge in [-0.05, 0) is 13.3 Å². The third kappa shape index (κ3) is 1.80. The van der Waals surface area contributed by atoms with Crippen molar-refractivity contribution in [1.29, 1.82) is 0 Å². The highest BCUT2D eigenvalue weighted by molar-refractivity contribution is 5.38. The lowest BCUT2D eigenvalue weighted by Crippen LogP contribution is -2.07. The Morgan fingerprint density at radius 1 is 1.44 bits per heavy atom. The van der Waals surface area contributed by atoms with Gasteiger partial charge in [-0.25, -0.2) is 4.68 Å². The first-order valence-electron chi connectivity index (χ1n) is 5.41. The maximum absolute atomic E-state index is 5.92. The van der Waals surface area contributed by atoms with E-state index in [1.165, 1.54) is 5.56 Å². The van der Waals surface area contributed by atoms with Gasteiger partial charge in [-0.15, -0.1) is 0 Å². The van der Waals surface area contributed by atoms with Gasteiger partial charge in [-0.2, -0.15) is 10.2 Å². The van der Waals surface area contributed by atoms with Crippen molar-refractivity contribution in [2.45, 2.75) is 26.8 Å². The molecule has 0 unspecified atom stereocenters. The highest BCUT2D eigenvalue weighted by atomic mass is 15.3. The van der Waals surface area contributed by atoms with Crippen molar-refractivity contribution >= 4 is 5.82 Å². The van der Waals surface area contributed by atoms with Gasteiger partial charge in [-0.1, -0.05) is 6.92 Å². The molecule has 0 bridgehead atoms. The standard InChI is InChI=1S/C11H17N5/c1-4-10-9(6-15(3)14-10)7-16-11(12)8(2)5-13-16/h5-6H,4,7,12H2,1-3H3. The molecule has 0 fully saturated rings. The van der Waals surface area contributed by atoms with E-state index in [0.717, 1.165) is 23.5 Å². The number of hydrogen-bond acceptors (Lipinski definition) is 3. The minimum atomic E-state index is 0.691. The minimum Gasteiger partial charge on any atom is -0.384 e. The molecule has 0 radical (unpaired) electrons. The van der Waals surface area contributed by atoms with Gasteiger partial charge in [-0.3, -0.25) is 4.68 Å². The molecule has 0 spiro atoms. The van der Waals surface area contributed by atoms with E-state index in [9.17, 15) is 0 Å². The van der Waals surface area contributed by atoms with Crippen LogP contribution in [0.15, 0.2) is 12.4 Å². The van der Waals surface area contributed by atoms with Crippen LogP contribution in [0.3, 0.4) is 0 Å². The summed E-state index contributed by atoms with van der Waals surface area (Å²) in [7, 11) is 1.93. The van der Waals surface area contributed by atoms with E-state index in [1.807, 2.05) is 29.5 Å². The molecule has 86 valence electrons. The maximum Gasteiger partial charge on any atom is 0.124 e. The Hall–Kier alpha value is -1.78. The molecule has 5 heteroatoms. The first-order chi connectivity index (χ1) is 7.61. The second-order valence-corrected chi connectivity index (χ2v) is 4.00. The molecule has 0 saturated heterocycles. The predicted molar refractivity (Wildman–Crippen MR) is 63.1 cm³/mol. The van der Waals surface area contributed by atoms with Crippen LogP contribution >= 0.6 is 0 Å². The fourth-order valence-corrected chi connectivity index (χ4v) is 1.79. The summed E-state index contributed by atoms with van der Waals surface area (Å²) in [5.74, 6) is 0.728. The number of nitrogens with zero attached hydrogens (tertiary/aromatic N) is 4. The normalized spacial score (nSPS) is 10.9. The Kier molecular flexibility index (Phi) is 2.68. The van der Waals surface area contributed by atoms with Crippen LogP contribution in [0.5, 0.6) is 0 Å². The summed E-state index contributed by atoms with van der Waals surface area (Å²) < 4.78 is 3.65. The van der Waals surface area contributed by atoms with Gasteiger partial charge in [0.2, 0.25) is 0 Å². The Morgan fingerprint density at radius 3 is 2.75 bits per heavy atom. The Balaban J connectivity index is 2.29. The number of nitrogen functional groups attached to an aromatic ring is 1. The molecule has 5 nitrogen and oxygen atoms in total. The van der Waals surface area contributed by atoms with Gasteiger partial charge >= 0.3 is 0 Å².